The minimum atomic E-state index is -0.395. The lowest BCUT2D eigenvalue weighted by atomic mass is 10.0. The molecule has 0 aliphatic heterocycles. The van der Waals surface area contributed by atoms with E-state index >= 15 is 0 Å². The Hall–Kier alpha value is -4.64. The number of aromatic nitrogens is 2. The lowest BCUT2D eigenvalue weighted by Gasteiger charge is -2.25. The molecule has 218 valence electrons. The third kappa shape index (κ3) is 7.52. The van der Waals surface area contributed by atoms with Crippen LogP contribution in [0.25, 0.3) is 0 Å². The van der Waals surface area contributed by atoms with Crippen LogP contribution >= 0.6 is 0 Å². The Kier molecular flexibility index (Phi) is 10.6. The zero-order valence-electron chi connectivity index (χ0n) is 24.6. The smallest absolute Gasteiger partial charge is 0.247 e. The summed E-state index contributed by atoms with van der Waals surface area (Å²) in [7, 11) is 12.0. The van der Waals surface area contributed by atoms with Crippen LogP contribution in [0, 0.1) is 0 Å². The Morgan fingerprint density at radius 1 is 0.927 bits per heavy atom. The van der Waals surface area contributed by atoms with Crippen molar-refractivity contribution in [2.45, 2.75) is 6.42 Å². The van der Waals surface area contributed by atoms with Gasteiger partial charge in [-0.05, 0) is 32.3 Å². The molecule has 1 heterocycles. The van der Waals surface area contributed by atoms with Gasteiger partial charge in [-0.2, -0.15) is 0 Å². The Bertz CT molecular complexity index is 1380. The summed E-state index contributed by atoms with van der Waals surface area (Å²) in [4.78, 5) is 38.9. The van der Waals surface area contributed by atoms with Crippen LogP contribution in [-0.4, -0.2) is 89.2 Å². The van der Waals surface area contributed by atoms with E-state index in [1.54, 1.807) is 19.2 Å². The first kappa shape index (κ1) is 30.9. The maximum Gasteiger partial charge on any atom is 0.247 e. The Morgan fingerprint density at radius 2 is 1.59 bits per heavy atom. The summed E-state index contributed by atoms with van der Waals surface area (Å²) in [5, 5.41) is 2.89. The van der Waals surface area contributed by atoms with Gasteiger partial charge in [0, 0.05) is 56.5 Å². The van der Waals surface area contributed by atoms with Gasteiger partial charge in [0.2, 0.25) is 11.7 Å². The number of rotatable bonds is 14. The summed E-state index contributed by atoms with van der Waals surface area (Å²) in [6.07, 6.45) is 2.97. The van der Waals surface area contributed by atoms with E-state index in [1.165, 1.54) is 39.7 Å². The standard InChI is InChI=1S/C30H37N5O6/c1-9-28(36)33-22-14-19(24(39-6)18-23(22)35(4)13-12-34(2)3)15-27-31-11-10-21(32-27)30(37)29-25(40-7)16-20(38-5)17-26(29)41-8/h9-11,14,16-18H,1,12-13,15H2,2-8H3,(H,33,36). The first-order chi connectivity index (χ1) is 19.6. The number of ether oxygens (including phenoxy) is 4. The van der Waals surface area contributed by atoms with Gasteiger partial charge in [-0.3, -0.25) is 9.59 Å². The van der Waals surface area contributed by atoms with Crippen LogP contribution < -0.4 is 29.2 Å². The average molecular weight is 564 g/mol. The van der Waals surface area contributed by atoms with Crippen molar-refractivity contribution in [2.75, 3.05) is 72.9 Å². The number of amides is 1. The summed E-state index contributed by atoms with van der Waals surface area (Å²) in [6.45, 7) is 5.10. The molecule has 11 heteroatoms. The van der Waals surface area contributed by atoms with Gasteiger partial charge in [0.25, 0.3) is 0 Å². The maximum absolute atomic E-state index is 13.6. The van der Waals surface area contributed by atoms with Crippen molar-refractivity contribution in [1.29, 1.82) is 0 Å². The second-order valence-electron chi connectivity index (χ2n) is 9.37. The molecule has 0 atom stereocenters. The second-order valence-corrected chi connectivity index (χ2v) is 9.37. The van der Waals surface area contributed by atoms with Gasteiger partial charge < -0.3 is 34.1 Å². The number of nitrogens with zero attached hydrogens (tertiary/aromatic N) is 4. The zero-order chi connectivity index (χ0) is 30.1. The fourth-order valence-electron chi connectivity index (χ4n) is 4.15. The number of methoxy groups -OCH3 is 4. The fraction of sp³-hybridized carbons (Fsp3) is 0.333. The number of likely N-dealkylation sites (N-methyl/N-ethyl adjacent to an activating group) is 2. The molecule has 0 bridgehead atoms. The first-order valence-corrected chi connectivity index (χ1v) is 12.8. The summed E-state index contributed by atoms with van der Waals surface area (Å²) < 4.78 is 21.9. The molecular weight excluding hydrogens is 526 g/mol. The molecule has 1 N–H and O–H groups in total. The molecule has 0 saturated carbocycles. The highest BCUT2D eigenvalue weighted by atomic mass is 16.5. The van der Waals surface area contributed by atoms with Crippen LogP contribution in [0.1, 0.15) is 27.4 Å². The second kappa shape index (κ2) is 14.1. The zero-order valence-corrected chi connectivity index (χ0v) is 24.6. The van der Waals surface area contributed by atoms with Gasteiger partial charge in [0.05, 0.1) is 39.8 Å². The van der Waals surface area contributed by atoms with E-state index in [2.05, 4.69) is 26.8 Å². The highest BCUT2D eigenvalue weighted by Gasteiger charge is 2.24. The molecule has 0 saturated heterocycles. The molecule has 1 aromatic heterocycles. The molecule has 11 nitrogen and oxygen atoms in total. The van der Waals surface area contributed by atoms with Crippen molar-refractivity contribution in [2.24, 2.45) is 0 Å². The maximum atomic E-state index is 13.6. The largest absolute Gasteiger partial charge is 0.496 e. The van der Waals surface area contributed by atoms with Gasteiger partial charge in [-0.1, -0.05) is 6.58 Å². The number of hydrogen-bond donors (Lipinski definition) is 1. The van der Waals surface area contributed by atoms with Crippen LogP contribution in [0.5, 0.6) is 23.0 Å². The number of hydrogen-bond acceptors (Lipinski definition) is 10. The third-order valence-electron chi connectivity index (χ3n) is 6.36. The number of benzene rings is 2. The van der Waals surface area contributed by atoms with Crippen molar-refractivity contribution in [1.82, 2.24) is 14.9 Å². The highest BCUT2D eigenvalue weighted by molar-refractivity contribution is 6.11. The molecule has 0 spiro atoms. The molecule has 0 aliphatic carbocycles. The molecule has 0 fully saturated rings. The predicted molar refractivity (Wildman–Crippen MR) is 158 cm³/mol. The Labute approximate surface area is 240 Å². The normalized spacial score (nSPS) is 10.6. The van der Waals surface area contributed by atoms with E-state index in [-0.39, 0.29) is 23.6 Å². The van der Waals surface area contributed by atoms with Crippen LogP contribution in [0.15, 0.2) is 49.2 Å². The first-order valence-electron chi connectivity index (χ1n) is 12.8. The summed E-state index contributed by atoms with van der Waals surface area (Å²) in [6, 6.07) is 8.45. The van der Waals surface area contributed by atoms with E-state index in [0.29, 0.717) is 34.5 Å². The number of nitrogens with one attached hydrogen (secondary N) is 1. The molecule has 0 unspecified atom stereocenters. The number of anilines is 2. The van der Waals surface area contributed by atoms with Gasteiger partial charge in [0.15, 0.2) is 0 Å². The minimum absolute atomic E-state index is 0.163. The van der Waals surface area contributed by atoms with Crippen LogP contribution in [0.3, 0.4) is 0 Å². The molecule has 0 radical (unpaired) electrons. The van der Waals surface area contributed by atoms with E-state index in [4.69, 9.17) is 18.9 Å². The molecule has 3 aromatic rings. The Balaban J connectivity index is 2.01. The Morgan fingerprint density at radius 3 is 2.15 bits per heavy atom. The van der Waals surface area contributed by atoms with E-state index < -0.39 is 5.78 Å². The third-order valence-corrected chi connectivity index (χ3v) is 6.36. The van der Waals surface area contributed by atoms with Crippen molar-refractivity contribution in [3.63, 3.8) is 0 Å². The summed E-state index contributed by atoms with van der Waals surface area (Å²) in [5.74, 6) is 1.32. The van der Waals surface area contributed by atoms with Gasteiger partial charge in [-0.15, -0.1) is 0 Å². The SMILES string of the molecule is C=CC(=O)Nc1cc(Cc2nccc(C(=O)c3c(OC)cc(OC)cc3OC)n2)c(OC)cc1N(C)CCN(C)C. The van der Waals surface area contributed by atoms with Crippen molar-refractivity contribution in [3.8, 4) is 23.0 Å². The van der Waals surface area contributed by atoms with Crippen molar-refractivity contribution >= 4 is 23.1 Å². The molecule has 3 rings (SSSR count). The number of carbonyl (C=O) groups excluding carboxylic acids is 2. The lowest BCUT2D eigenvalue weighted by Crippen LogP contribution is -2.29. The van der Waals surface area contributed by atoms with Crippen LogP contribution in [-0.2, 0) is 11.2 Å². The average Bonchev–Trinajstić information content (AvgIpc) is 2.98. The van der Waals surface area contributed by atoms with Crippen LogP contribution in [0.4, 0.5) is 11.4 Å². The molecule has 1 amide bonds. The van der Waals surface area contributed by atoms with Gasteiger partial charge in [-0.25, -0.2) is 9.97 Å². The summed E-state index contributed by atoms with van der Waals surface area (Å²) >= 11 is 0. The van der Waals surface area contributed by atoms with Crippen molar-refractivity contribution < 1.29 is 28.5 Å². The molecule has 0 aliphatic rings. The van der Waals surface area contributed by atoms with E-state index in [0.717, 1.165) is 24.3 Å². The van der Waals surface area contributed by atoms with E-state index in [1.807, 2.05) is 38.2 Å². The predicted octanol–water partition coefficient (Wildman–Crippen LogP) is 3.46. The topological polar surface area (TPSA) is 115 Å². The van der Waals surface area contributed by atoms with E-state index in [9.17, 15) is 9.59 Å². The number of ketones is 1. The highest BCUT2D eigenvalue weighted by Crippen LogP contribution is 2.36. The van der Waals surface area contributed by atoms with Gasteiger partial charge >= 0.3 is 0 Å². The summed E-state index contributed by atoms with van der Waals surface area (Å²) in [5.41, 5.74) is 2.48. The van der Waals surface area contributed by atoms with Crippen molar-refractivity contribution in [3.05, 3.63) is 71.8 Å². The molecular formula is C30H37N5O6. The lowest BCUT2D eigenvalue weighted by molar-refractivity contribution is -0.111. The monoisotopic (exact) mass is 563 g/mol. The quantitative estimate of drug-likeness (QED) is 0.231. The molecule has 2 aromatic carbocycles. The fourth-order valence-corrected chi connectivity index (χ4v) is 4.15. The van der Waals surface area contributed by atoms with Crippen LogP contribution in [0.2, 0.25) is 0 Å². The minimum Gasteiger partial charge on any atom is -0.496 e. The number of carbonyl (C=O) groups is 2. The molecule has 41 heavy (non-hydrogen) atoms. The van der Waals surface area contributed by atoms with Gasteiger partial charge in [0.1, 0.15) is 40.1 Å².